The third-order valence-electron chi connectivity index (χ3n) is 1.67. The van der Waals surface area contributed by atoms with E-state index in [1.165, 1.54) is 0 Å². The van der Waals surface area contributed by atoms with Gasteiger partial charge in [0.25, 0.3) is 5.69 Å². The van der Waals surface area contributed by atoms with Crippen LogP contribution in [0.2, 0.25) is 0 Å². The standard InChI is InChI=1S/C8H3F3N2O3/c9-8(10,11)5-1-2-7(13(15)16)6(3-5)12-4-14/h1-3H. The Hall–Kier alpha value is -2.21. The van der Waals surface area contributed by atoms with Crippen LogP contribution in [0.1, 0.15) is 5.56 Å². The summed E-state index contributed by atoms with van der Waals surface area (Å²) in [7, 11) is 0. The lowest BCUT2D eigenvalue weighted by atomic mass is 10.1. The maximum atomic E-state index is 12.2. The minimum Gasteiger partial charge on any atom is -0.258 e. The van der Waals surface area contributed by atoms with E-state index in [-0.39, 0.29) is 0 Å². The Kier molecular flexibility index (Phi) is 3.05. The van der Waals surface area contributed by atoms with Crippen molar-refractivity contribution in [3.05, 3.63) is 33.9 Å². The molecule has 16 heavy (non-hydrogen) atoms. The van der Waals surface area contributed by atoms with Gasteiger partial charge in [-0.1, -0.05) is 0 Å². The summed E-state index contributed by atoms with van der Waals surface area (Å²) in [5, 5.41) is 10.4. The molecule has 0 heterocycles. The molecule has 0 aliphatic rings. The molecule has 1 aromatic rings. The highest BCUT2D eigenvalue weighted by molar-refractivity contribution is 5.63. The zero-order chi connectivity index (χ0) is 12.3. The topological polar surface area (TPSA) is 72.6 Å². The van der Waals surface area contributed by atoms with E-state index in [4.69, 9.17) is 0 Å². The number of isocyanates is 1. The van der Waals surface area contributed by atoms with E-state index < -0.39 is 28.0 Å². The van der Waals surface area contributed by atoms with Crippen LogP contribution in [0.3, 0.4) is 0 Å². The van der Waals surface area contributed by atoms with Gasteiger partial charge in [-0.2, -0.15) is 18.2 Å². The van der Waals surface area contributed by atoms with Crippen molar-refractivity contribution in [2.24, 2.45) is 4.99 Å². The maximum Gasteiger partial charge on any atom is 0.416 e. The van der Waals surface area contributed by atoms with Crippen molar-refractivity contribution in [2.45, 2.75) is 6.18 Å². The summed E-state index contributed by atoms with van der Waals surface area (Å²) in [6, 6.07) is 1.60. The molecule has 0 aliphatic carbocycles. The Morgan fingerprint density at radius 2 is 2.00 bits per heavy atom. The predicted molar refractivity (Wildman–Crippen MR) is 45.9 cm³/mol. The molecule has 0 aliphatic heterocycles. The molecule has 0 unspecified atom stereocenters. The molecular formula is C8H3F3N2O3. The van der Waals surface area contributed by atoms with Gasteiger partial charge in [0, 0.05) is 6.07 Å². The smallest absolute Gasteiger partial charge is 0.258 e. The van der Waals surface area contributed by atoms with Gasteiger partial charge < -0.3 is 0 Å². The predicted octanol–water partition coefficient (Wildman–Crippen LogP) is 2.58. The Morgan fingerprint density at radius 3 is 2.44 bits per heavy atom. The summed E-state index contributed by atoms with van der Waals surface area (Å²) in [4.78, 5) is 22.2. The fourth-order valence-corrected chi connectivity index (χ4v) is 0.993. The molecule has 84 valence electrons. The molecule has 8 heteroatoms. The highest BCUT2D eigenvalue weighted by atomic mass is 19.4. The third kappa shape index (κ3) is 2.43. The Morgan fingerprint density at radius 1 is 1.38 bits per heavy atom. The summed E-state index contributed by atoms with van der Waals surface area (Å²) in [5.74, 6) is 0. The average molecular weight is 232 g/mol. The average Bonchev–Trinajstić information content (AvgIpc) is 2.16. The number of benzene rings is 1. The van der Waals surface area contributed by atoms with Crippen molar-refractivity contribution in [3.8, 4) is 0 Å². The quantitative estimate of drug-likeness (QED) is 0.340. The lowest BCUT2D eigenvalue weighted by molar-refractivity contribution is -0.384. The van der Waals surface area contributed by atoms with Gasteiger partial charge in [-0.05, 0) is 12.1 Å². The second-order valence-electron chi connectivity index (χ2n) is 2.66. The normalized spacial score (nSPS) is 10.7. The second-order valence-corrected chi connectivity index (χ2v) is 2.66. The summed E-state index contributed by atoms with van der Waals surface area (Å²) in [5.41, 5.74) is -2.47. The number of rotatable bonds is 2. The SMILES string of the molecule is O=C=Nc1cc(C(F)(F)F)ccc1[N+](=O)[O-]. The van der Waals surface area contributed by atoms with Crippen molar-refractivity contribution < 1.29 is 22.9 Å². The van der Waals surface area contributed by atoms with Gasteiger partial charge in [-0.15, -0.1) is 0 Å². The van der Waals surface area contributed by atoms with Crippen molar-refractivity contribution >= 4 is 17.5 Å². The van der Waals surface area contributed by atoms with Crippen LogP contribution in [0, 0.1) is 10.1 Å². The molecule has 0 bridgehead atoms. The first-order valence-electron chi connectivity index (χ1n) is 3.80. The fourth-order valence-electron chi connectivity index (χ4n) is 0.993. The largest absolute Gasteiger partial charge is 0.416 e. The summed E-state index contributed by atoms with van der Waals surface area (Å²) in [6.07, 6.45) is -3.69. The number of hydrogen-bond donors (Lipinski definition) is 0. The zero-order valence-corrected chi connectivity index (χ0v) is 7.49. The van der Waals surface area contributed by atoms with Gasteiger partial charge in [0.2, 0.25) is 6.08 Å². The molecular weight excluding hydrogens is 229 g/mol. The zero-order valence-electron chi connectivity index (χ0n) is 7.49. The van der Waals surface area contributed by atoms with Crippen molar-refractivity contribution in [1.29, 1.82) is 0 Å². The van der Waals surface area contributed by atoms with Gasteiger partial charge in [0.05, 0.1) is 10.5 Å². The number of alkyl halides is 3. The molecule has 5 nitrogen and oxygen atoms in total. The van der Waals surface area contributed by atoms with Gasteiger partial charge in [-0.25, -0.2) is 4.79 Å². The number of aliphatic imine (C=N–C) groups is 1. The second kappa shape index (κ2) is 4.11. The van der Waals surface area contributed by atoms with E-state index in [1.54, 1.807) is 0 Å². The molecule has 1 rings (SSSR count). The fraction of sp³-hybridized carbons (Fsp3) is 0.125. The monoisotopic (exact) mass is 232 g/mol. The van der Waals surface area contributed by atoms with Crippen LogP contribution in [-0.2, 0) is 11.0 Å². The molecule has 0 aromatic heterocycles. The van der Waals surface area contributed by atoms with Crippen LogP contribution in [0.5, 0.6) is 0 Å². The lowest BCUT2D eigenvalue weighted by Crippen LogP contribution is -2.04. The summed E-state index contributed by atoms with van der Waals surface area (Å²) in [6.45, 7) is 0. The highest BCUT2D eigenvalue weighted by Gasteiger charge is 2.32. The van der Waals surface area contributed by atoms with Crippen LogP contribution >= 0.6 is 0 Å². The summed E-state index contributed by atoms with van der Waals surface area (Å²) < 4.78 is 36.7. The van der Waals surface area contributed by atoms with Gasteiger partial charge in [0.1, 0.15) is 0 Å². The van der Waals surface area contributed by atoms with E-state index in [2.05, 4.69) is 4.99 Å². The number of nitro groups is 1. The van der Waals surface area contributed by atoms with Crippen LogP contribution in [-0.4, -0.2) is 11.0 Å². The minimum absolute atomic E-state index is 0.420. The first kappa shape index (κ1) is 11.9. The number of hydrogen-bond acceptors (Lipinski definition) is 4. The first-order valence-corrected chi connectivity index (χ1v) is 3.80. The van der Waals surface area contributed by atoms with E-state index in [9.17, 15) is 28.1 Å². The number of carbonyl (C=O) groups excluding carboxylic acids is 1. The van der Waals surface area contributed by atoms with Gasteiger partial charge in [0.15, 0.2) is 5.69 Å². The molecule has 0 amide bonds. The van der Waals surface area contributed by atoms with Crippen molar-refractivity contribution in [2.75, 3.05) is 0 Å². The third-order valence-corrected chi connectivity index (χ3v) is 1.67. The molecule has 0 saturated heterocycles. The van der Waals surface area contributed by atoms with Crippen LogP contribution < -0.4 is 0 Å². The van der Waals surface area contributed by atoms with Crippen LogP contribution in [0.4, 0.5) is 24.5 Å². The molecule has 0 radical (unpaired) electrons. The lowest BCUT2D eigenvalue weighted by Gasteiger charge is -2.06. The number of nitro benzene ring substituents is 1. The van der Waals surface area contributed by atoms with Crippen molar-refractivity contribution in [3.63, 3.8) is 0 Å². The van der Waals surface area contributed by atoms with Crippen molar-refractivity contribution in [1.82, 2.24) is 0 Å². The van der Waals surface area contributed by atoms with E-state index in [1.807, 2.05) is 0 Å². The van der Waals surface area contributed by atoms with Gasteiger partial charge in [-0.3, -0.25) is 10.1 Å². The molecule has 0 atom stereocenters. The molecule has 0 spiro atoms. The summed E-state index contributed by atoms with van der Waals surface area (Å²) >= 11 is 0. The Labute approximate surface area is 86.4 Å². The first-order chi connectivity index (χ1) is 7.36. The van der Waals surface area contributed by atoms with E-state index in [0.29, 0.717) is 18.2 Å². The Balaban J connectivity index is 3.39. The van der Waals surface area contributed by atoms with Crippen LogP contribution in [0.15, 0.2) is 23.2 Å². The molecule has 0 saturated carbocycles. The molecule has 0 N–H and O–H groups in total. The molecule has 0 fully saturated rings. The maximum absolute atomic E-state index is 12.2. The van der Waals surface area contributed by atoms with Gasteiger partial charge >= 0.3 is 6.18 Å². The number of nitrogens with zero attached hydrogens (tertiary/aromatic N) is 2. The van der Waals surface area contributed by atoms with Crippen LogP contribution in [0.25, 0.3) is 0 Å². The van der Waals surface area contributed by atoms with E-state index >= 15 is 0 Å². The molecule has 1 aromatic carbocycles. The highest BCUT2D eigenvalue weighted by Crippen LogP contribution is 2.35. The number of halogens is 3. The van der Waals surface area contributed by atoms with E-state index in [0.717, 1.165) is 6.08 Å². The Bertz CT molecular complexity index is 478. The minimum atomic E-state index is -4.65.